The van der Waals surface area contributed by atoms with E-state index in [0.717, 1.165) is 55.6 Å². The molecule has 6 aromatic carbocycles. The number of aliphatic carboxylic acids is 1. The number of aryl methyl sites for hydroxylation is 4. The van der Waals surface area contributed by atoms with E-state index in [1.54, 1.807) is 0 Å². The molecule has 0 bridgehead atoms. The van der Waals surface area contributed by atoms with Crippen LogP contribution in [0.15, 0.2) is 158 Å². The molecule has 0 radical (unpaired) electrons. The highest BCUT2D eigenvalue weighted by atomic mass is 16.6. The lowest BCUT2D eigenvalue weighted by atomic mass is 9.78. The summed E-state index contributed by atoms with van der Waals surface area (Å²) < 4.78 is 21.5. The average molecular weight is 773 g/mol. The number of esters is 1. The van der Waals surface area contributed by atoms with Crippen molar-refractivity contribution in [3.8, 4) is 0 Å². The van der Waals surface area contributed by atoms with Crippen LogP contribution < -0.4 is 0 Å². The minimum absolute atomic E-state index is 0.218. The van der Waals surface area contributed by atoms with Crippen molar-refractivity contribution in [3.63, 3.8) is 0 Å². The van der Waals surface area contributed by atoms with E-state index in [-0.39, 0.29) is 12.8 Å². The van der Waals surface area contributed by atoms with Crippen molar-refractivity contribution in [2.75, 3.05) is 0 Å². The Hall–Kier alpha value is -5.82. The van der Waals surface area contributed by atoms with E-state index in [0.29, 0.717) is 19.3 Å². The molecule has 1 saturated carbocycles. The van der Waals surface area contributed by atoms with Crippen LogP contribution in [-0.2, 0) is 35.0 Å². The standard InChI is InChI=1S/C52H52O6/c1-36-15-23-42(24-16-36)51(40-11-7-5-8-12-40,43-25-17-37(2)18-26-43)57-47-33-46(56-50(55)32-31-49(53)54)34-48(35-47)58-52(41-13-9-6-10-14-41,44-27-19-38(3)20-28-44)45-29-21-39(4)22-30-45/h5-30,46-48H,31-35H2,1-4H3,(H,53,54)/t46?,47-,48+. The van der Waals surface area contributed by atoms with E-state index >= 15 is 0 Å². The first kappa shape index (κ1) is 40.4. The zero-order valence-corrected chi connectivity index (χ0v) is 33.8. The fourth-order valence-corrected chi connectivity index (χ4v) is 8.32. The molecular weight excluding hydrogens is 721 g/mol. The first-order valence-electron chi connectivity index (χ1n) is 20.2. The van der Waals surface area contributed by atoms with Gasteiger partial charge in [-0.3, -0.25) is 9.59 Å². The summed E-state index contributed by atoms with van der Waals surface area (Å²) >= 11 is 0. The summed E-state index contributed by atoms with van der Waals surface area (Å²) in [4.78, 5) is 24.7. The largest absolute Gasteiger partial charge is 0.481 e. The van der Waals surface area contributed by atoms with Crippen LogP contribution in [-0.4, -0.2) is 35.4 Å². The van der Waals surface area contributed by atoms with Gasteiger partial charge < -0.3 is 19.3 Å². The van der Waals surface area contributed by atoms with E-state index in [4.69, 9.17) is 14.2 Å². The smallest absolute Gasteiger partial charge is 0.306 e. The molecule has 6 aromatic rings. The van der Waals surface area contributed by atoms with Crippen LogP contribution >= 0.6 is 0 Å². The van der Waals surface area contributed by atoms with Crippen molar-refractivity contribution >= 4 is 11.9 Å². The molecule has 1 aliphatic rings. The number of carboxylic acid groups (broad SMARTS) is 1. The summed E-state index contributed by atoms with van der Waals surface area (Å²) in [5.41, 5.74) is 8.34. The molecule has 58 heavy (non-hydrogen) atoms. The van der Waals surface area contributed by atoms with Crippen LogP contribution in [0.4, 0.5) is 0 Å². The van der Waals surface area contributed by atoms with E-state index in [1.165, 1.54) is 0 Å². The normalized spacial score (nSPS) is 17.1. The van der Waals surface area contributed by atoms with Crippen LogP contribution in [0.25, 0.3) is 0 Å². The highest BCUT2D eigenvalue weighted by Gasteiger charge is 2.46. The first-order chi connectivity index (χ1) is 28.0. The molecule has 1 unspecified atom stereocenters. The Bertz CT molecular complexity index is 2030. The zero-order chi connectivity index (χ0) is 40.7. The lowest BCUT2D eigenvalue weighted by molar-refractivity contribution is -0.171. The van der Waals surface area contributed by atoms with E-state index in [1.807, 2.05) is 36.4 Å². The van der Waals surface area contributed by atoms with Crippen molar-refractivity contribution in [1.29, 1.82) is 0 Å². The van der Waals surface area contributed by atoms with Gasteiger partial charge in [0.25, 0.3) is 0 Å². The Morgan fingerprint density at radius 2 is 0.741 bits per heavy atom. The molecule has 1 aliphatic carbocycles. The van der Waals surface area contributed by atoms with Gasteiger partial charge in [0.2, 0.25) is 0 Å². The van der Waals surface area contributed by atoms with Gasteiger partial charge in [0.15, 0.2) is 0 Å². The van der Waals surface area contributed by atoms with Gasteiger partial charge in [0.1, 0.15) is 17.3 Å². The molecule has 1 N–H and O–H groups in total. The summed E-state index contributed by atoms with van der Waals surface area (Å²) in [6.45, 7) is 8.31. The fourth-order valence-electron chi connectivity index (χ4n) is 8.32. The maximum Gasteiger partial charge on any atom is 0.306 e. The van der Waals surface area contributed by atoms with Gasteiger partial charge in [-0.2, -0.15) is 0 Å². The molecule has 6 nitrogen and oxygen atoms in total. The predicted molar refractivity (Wildman–Crippen MR) is 228 cm³/mol. The number of hydrogen-bond acceptors (Lipinski definition) is 5. The molecular formula is C52H52O6. The van der Waals surface area contributed by atoms with Crippen LogP contribution in [0.2, 0.25) is 0 Å². The molecule has 0 heterocycles. The Kier molecular flexibility index (Phi) is 12.4. The Morgan fingerprint density at radius 3 is 1.05 bits per heavy atom. The van der Waals surface area contributed by atoms with Crippen molar-refractivity contribution in [3.05, 3.63) is 213 Å². The number of hydrogen-bond donors (Lipinski definition) is 1. The average Bonchev–Trinajstić information content (AvgIpc) is 3.23. The Balaban J connectivity index is 1.37. The van der Waals surface area contributed by atoms with Gasteiger partial charge in [-0.15, -0.1) is 0 Å². The number of benzene rings is 6. The molecule has 0 saturated heterocycles. The second-order valence-corrected chi connectivity index (χ2v) is 15.8. The maximum absolute atomic E-state index is 13.3. The number of ether oxygens (including phenoxy) is 3. The van der Waals surface area contributed by atoms with E-state index in [2.05, 4.69) is 149 Å². The zero-order valence-electron chi connectivity index (χ0n) is 33.8. The monoisotopic (exact) mass is 772 g/mol. The Morgan fingerprint density at radius 1 is 0.448 bits per heavy atom. The van der Waals surface area contributed by atoms with Gasteiger partial charge in [0.05, 0.1) is 25.0 Å². The van der Waals surface area contributed by atoms with Crippen LogP contribution in [0.3, 0.4) is 0 Å². The van der Waals surface area contributed by atoms with E-state index < -0.39 is 41.5 Å². The third-order valence-corrected chi connectivity index (χ3v) is 11.3. The third kappa shape index (κ3) is 8.84. The summed E-state index contributed by atoms with van der Waals surface area (Å²) in [5.74, 6) is -1.60. The Labute approximate surface area is 342 Å². The van der Waals surface area contributed by atoms with Crippen molar-refractivity contribution < 1.29 is 28.9 Å². The third-order valence-electron chi connectivity index (χ3n) is 11.3. The first-order valence-corrected chi connectivity index (χ1v) is 20.2. The SMILES string of the molecule is Cc1ccc(C(O[C@@H]2CC(OC(=O)CCC(=O)O)C[C@H](OC(c3ccccc3)(c3ccc(C)cc3)c3ccc(C)cc3)C2)(c2ccccc2)c2ccc(C)cc2)cc1. The highest BCUT2D eigenvalue weighted by Crippen LogP contribution is 2.47. The van der Waals surface area contributed by atoms with Crippen LogP contribution in [0.5, 0.6) is 0 Å². The molecule has 6 heteroatoms. The van der Waals surface area contributed by atoms with Gasteiger partial charge in [0, 0.05) is 19.3 Å². The van der Waals surface area contributed by atoms with Crippen molar-refractivity contribution in [2.45, 2.75) is 89.3 Å². The summed E-state index contributed by atoms with van der Waals surface area (Å²) in [6, 6.07) is 54.6. The van der Waals surface area contributed by atoms with Crippen LogP contribution in [0.1, 0.15) is 87.7 Å². The lowest BCUT2D eigenvalue weighted by Crippen LogP contribution is -2.46. The summed E-state index contributed by atoms with van der Waals surface area (Å²) in [7, 11) is 0. The molecule has 0 aromatic heterocycles. The minimum atomic E-state index is -1.05. The number of carbonyl (C=O) groups is 2. The number of rotatable bonds is 14. The molecule has 7 rings (SSSR count). The quantitative estimate of drug-likeness (QED) is 0.0877. The van der Waals surface area contributed by atoms with Gasteiger partial charge in [-0.05, 0) is 61.1 Å². The highest BCUT2D eigenvalue weighted by molar-refractivity contribution is 5.76. The molecule has 0 amide bonds. The molecule has 0 aliphatic heterocycles. The number of carboxylic acids is 1. The van der Waals surface area contributed by atoms with Gasteiger partial charge in [-0.25, -0.2) is 0 Å². The molecule has 1 fully saturated rings. The maximum atomic E-state index is 13.3. The minimum Gasteiger partial charge on any atom is -0.481 e. The summed E-state index contributed by atoms with van der Waals surface area (Å²) in [6.07, 6.45) is -0.727. The molecule has 3 atom stereocenters. The van der Waals surface area contributed by atoms with E-state index in [9.17, 15) is 14.7 Å². The van der Waals surface area contributed by atoms with Crippen LogP contribution in [0, 0.1) is 27.7 Å². The van der Waals surface area contributed by atoms with Gasteiger partial charge in [-0.1, -0.05) is 180 Å². The van der Waals surface area contributed by atoms with Crippen molar-refractivity contribution in [1.82, 2.24) is 0 Å². The summed E-state index contributed by atoms with van der Waals surface area (Å²) in [5, 5.41) is 9.38. The second-order valence-electron chi connectivity index (χ2n) is 15.8. The molecule has 296 valence electrons. The topological polar surface area (TPSA) is 82.1 Å². The van der Waals surface area contributed by atoms with Crippen molar-refractivity contribution in [2.24, 2.45) is 0 Å². The fraction of sp³-hybridized carbons (Fsp3) is 0.269. The second kappa shape index (κ2) is 17.8. The predicted octanol–water partition coefficient (Wildman–Crippen LogP) is 10.9. The van der Waals surface area contributed by atoms with Gasteiger partial charge >= 0.3 is 11.9 Å². The molecule has 0 spiro atoms. The number of carbonyl (C=O) groups excluding carboxylic acids is 1. The lowest BCUT2D eigenvalue weighted by Gasteiger charge is -2.45.